The average Bonchev–Trinajstić information content (AvgIpc) is 2.12. The lowest BCUT2D eigenvalue weighted by Crippen LogP contribution is -2.32. The van der Waals surface area contributed by atoms with Crippen LogP contribution in [0.15, 0.2) is 6.20 Å². The monoisotopic (exact) mass is 177 g/mol. The SMILES string of the molecule is Cc1cnc2c(n1)N(C)C(=O)CC2. The van der Waals surface area contributed by atoms with Crippen molar-refractivity contribution in [2.75, 3.05) is 11.9 Å². The molecule has 0 unspecified atom stereocenters. The highest BCUT2D eigenvalue weighted by molar-refractivity contribution is 5.94. The Labute approximate surface area is 76.6 Å². The summed E-state index contributed by atoms with van der Waals surface area (Å²) in [5.74, 6) is 0.837. The van der Waals surface area contributed by atoms with E-state index in [-0.39, 0.29) is 5.91 Å². The number of aryl methyl sites for hydroxylation is 2. The zero-order chi connectivity index (χ0) is 9.42. The van der Waals surface area contributed by atoms with Gasteiger partial charge in [0.15, 0.2) is 5.82 Å². The second-order valence-electron chi connectivity index (χ2n) is 3.23. The number of hydrogen-bond donors (Lipinski definition) is 0. The number of carbonyl (C=O) groups is 1. The van der Waals surface area contributed by atoms with E-state index in [0.717, 1.165) is 17.2 Å². The van der Waals surface area contributed by atoms with Gasteiger partial charge in [-0.2, -0.15) is 0 Å². The van der Waals surface area contributed by atoms with E-state index in [1.54, 1.807) is 18.1 Å². The van der Waals surface area contributed by atoms with Crippen LogP contribution in [0.5, 0.6) is 0 Å². The zero-order valence-electron chi connectivity index (χ0n) is 7.74. The molecule has 0 fully saturated rings. The van der Waals surface area contributed by atoms with E-state index in [9.17, 15) is 4.79 Å². The molecule has 2 rings (SSSR count). The van der Waals surface area contributed by atoms with Gasteiger partial charge >= 0.3 is 0 Å². The number of anilines is 1. The molecule has 1 aliphatic heterocycles. The molecule has 68 valence electrons. The first-order valence-corrected chi connectivity index (χ1v) is 4.27. The lowest BCUT2D eigenvalue weighted by atomic mass is 10.1. The minimum absolute atomic E-state index is 0.118. The minimum atomic E-state index is 0.118. The van der Waals surface area contributed by atoms with Crippen molar-refractivity contribution >= 4 is 11.7 Å². The van der Waals surface area contributed by atoms with Crippen LogP contribution in [-0.4, -0.2) is 22.9 Å². The Morgan fingerprint density at radius 1 is 1.46 bits per heavy atom. The van der Waals surface area contributed by atoms with Crippen LogP contribution in [0.4, 0.5) is 5.82 Å². The lowest BCUT2D eigenvalue weighted by Gasteiger charge is -2.23. The molecule has 1 aromatic heterocycles. The first-order valence-electron chi connectivity index (χ1n) is 4.27. The summed E-state index contributed by atoms with van der Waals surface area (Å²) in [4.78, 5) is 21.4. The van der Waals surface area contributed by atoms with Crippen molar-refractivity contribution in [1.29, 1.82) is 0 Å². The van der Waals surface area contributed by atoms with Crippen molar-refractivity contribution in [1.82, 2.24) is 9.97 Å². The Morgan fingerprint density at radius 2 is 2.23 bits per heavy atom. The lowest BCUT2D eigenvalue weighted by molar-refractivity contribution is -0.118. The Balaban J connectivity index is 2.51. The number of aromatic nitrogens is 2. The molecule has 0 bridgehead atoms. The van der Waals surface area contributed by atoms with E-state index >= 15 is 0 Å². The van der Waals surface area contributed by atoms with Gasteiger partial charge in [0, 0.05) is 26.1 Å². The van der Waals surface area contributed by atoms with E-state index in [2.05, 4.69) is 9.97 Å². The molecular formula is C9H11N3O. The fraction of sp³-hybridized carbons (Fsp3) is 0.444. The summed E-state index contributed by atoms with van der Waals surface area (Å²) < 4.78 is 0. The van der Waals surface area contributed by atoms with E-state index in [4.69, 9.17) is 0 Å². The van der Waals surface area contributed by atoms with Crippen LogP contribution in [0.25, 0.3) is 0 Å². The molecule has 0 spiro atoms. The maximum atomic E-state index is 11.3. The van der Waals surface area contributed by atoms with Crippen molar-refractivity contribution in [2.45, 2.75) is 19.8 Å². The van der Waals surface area contributed by atoms with Gasteiger partial charge in [0.25, 0.3) is 0 Å². The molecule has 0 N–H and O–H groups in total. The van der Waals surface area contributed by atoms with Gasteiger partial charge in [-0.3, -0.25) is 14.7 Å². The van der Waals surface area contributed by atoms with Gasteiger partial charge in [-0.15, -0.1) is 0 Å². The molecule has 2 heterocycles. The highest BCUT2D eigenvalue weighted by Gasteiger charge is 2.22. The number of carbonyl (C=O) groups excluding carboxylic acids is 1. The van der Waals surface area contributed by atoms with Gasteiger partial charge < -0.3 is 0 Å². The molecule has 0 atom stereocenters. The summed E-state index contributed by atoms with van der Waals surface area (Å²) >= 11 is 0. The Morgan fingerprint density at radius 3 is 3.00 bits per heavy atom. The van der Waals surface area contributed by atoms with E-state index in [1.807, 2.05) is 6.92 Å². The standard InChI is InChI=1S/C9H11N3O/c1-6-5-10-7-3-4-8(13)12(2)9(7)11-6/h5H,3-4H2,1-2H3. The largest absolute Gasteiger partial charge is 0.298 e. The highest BCUT2D eigenvalue weighted by Crippen LogP contribution is 2.21. The Kier molecular flexibility index (Phi) is 1.76. The third kappa shape index (κ3) is 1.28. The summed E-state index contributed by atoms with van der Waals surface area (Å²) in [5, 5.41) is 0. The maximum Gasteiger partial charge on any atom is 0.228 e. The van der Waals surface area contributed by atoms with Crippen molar-refractivity contribution in [3.05, 3.63) is 17.6 Å². The van der Waals surface area contributed by atoms with Gasteiger partial charge in [0.1, 0.15) is 0 Å². The summed E-state index contributed by atoms with van der Waals surface area (Å²) in [6.07, 6.45) is 3.00. The normalized spacial score (nSPS) is 15.8. The van der Waals surface area contributed by atoms with Crippen LogP contribution in [0, 0.1) is 6.92 Å². The van der Waals surface area contributed by atoms with Crippen LogP contribution in [0.2, 0.25) is 0 Å². The predicted octanol–water partition coefficient (Wildman–Crippen LogP) is 0.694. The fourth-order valence-electron chi connectivity index (χ4n) is 1.45. The summed E-state index contributed by atoms with van der Waals surface area (Å²) in [7, 11) is 1.74. The first kappa shape index (κ1) is 8.16. The van der Waals surface area contributed by atoms with Gasteiger partial charge in [-0.1, -0.05) is 0 Å². The van der Waals surface area contributed by atoms with Crippen LogP contribution >= 0.6 is 0 Å². The first-order chi connectivity index (χ1) is 6.18. The predicted molar refractivity (Wildman–Crippen MR) is 48.5 cm³/mol. The molecule has 0 radical (unpaired) electrons. The summed E-state index contributed by atoms with van der Waals surface area (Å²) in [6, 6.07) is 0. The van der Waals surface area contributed by atoms with Gasteiger partial charge in [0.2, 0.25) is 5.91 Å². The molecule has 0 aromatic carbocycles. The Bertz CT molecular complexity index is 362. The fourth-order valence-corrected chi connectivity index (χ4v) is 1.45. The third-order valence-corrected chi connectivity index (χ3v) is 2.22. The van der Waals surface area contributed by atoms with Crippen LogP contribution < -0.4 is 4.90 Å². The van der Waals surface area contributed by atoms with E-state index < -0.39 is 0 Å². The Hall–Kier alpha value is -1.45. The van der Waals surface area contributed by atoms with Crippen molar-refractivity contribution < 1.29 is 4.79 Å². The topological polar surface area (TPSA) is 46.1 Å². The van der Waals surface area contributed by atoms with E-state index in [1.165, 1.54) is 0 Å². The molecule has 1 aromatic rings. The molecule has 4 nitrogen and oxygen atoms in total. The van der Waals surface area contributed by atoms with Crippen molar-refractivity contribution in [3.8, 4) is 0 Å². The van der Waals surface area contributed by atoms with Crippen molar-refractivity contribution in [3.63, 3.8) is 0 Å². The smallest absolute Gasteiger partial charge is 0.228 e. The van der Waals surface area contributed by atoms with Crippen LogP contribution in [0.3, 0.4) is 0 Å². The second-order valence-corrected chi connectivity index (χ2v) is 3.23. The number of fused-ring (bicyclic) bond motifs is 1. The molecule has 0 saturated heterocycles. The van der Waals surface area contributed by atoms with Gasteiger partial charge in [0.05, 0.1) is 11.4 Å². The van der Waals surface area contributed by atoms with Crippen LogP contribution in [-0.2, 0) is 11.2 Å². The molecule has 13 heavy (non-hydrogen) atoms. The molecule has 1 amide bonds. The van der Waals surface area contributed by atoms with E-state index in [0.29, 0.717) is 12.8 Å². The summed E-state index contributed by atoms with van der Waals surface area (Å²) in [6.45, 7) is 1.88. The quantitative estimate of drug-likeness (QED) is 0.585. The van der Waals surface area contributed by atoms with Gasteiger partial charge in [-0.25, -0.2) is 4.98 Å². The maximum absolute atomic E-state index is 11.3. The second kappa shape index (κ2) is 2.80. The average molecular weight is 177 g/mol. The minimum Gasteiger partial charge on any atom is -0.298 e. The summed E-state index contributed by atoms with van der Waals surface area (Å²) in [5.41, 5.74) is 1.77. The zero-order valence-corrected chi connectivity index (χ0v) is 7.74. The molecule has 0 aliphatic carbocycles. The van der Waals surface area contributed by atoms with Crippen LogP contribution in [0.1, 0.15) is 17.8 Å². The molecule has 0 saturated carbocycles. The molecular weight excluding hydrogens is 166 g/mol. The molecule has 1 aliphatic rings. The number of rotatable bonds is 0. The highest BCUT2D eigenvalue weighted by atomic mass is 16.2. The number of hydrogen-bond acceptors (Lipinski definition) is 3. The van der Waals surface area contributed by atoms with Gasteiger partial charge in [-0.05, 0) is 6.92 Å². The third-order valence-electron chi connectivity index (χ3n) is 2.22. The number of amides is 1. The van der Waals surface area contributed by atoms with Crippen molar-refractivity contribution in [2.24, 2.45) is 0 Å². The number of nitrogens with zero attached hydrogens (tertiary/aromatic N) is 3. The molecule has 4 heteroatoms.